The Kier molecular flexibility index (Phi) is 6.21. The lowest BCUT2D eigenvalue weighted by Crippen LogP contribution is -2.48. The van der Waals surface area contributed by atoms with Crippen molar-refractivity contribution in [2.24, 2.45) is 5.41 Å². The predicted molar refractivity (Wildman–Crippen MR) is 163 cm³/mol. The number of nitro groups is 1. The fraction of sp³-hybridized carbons (Fsp3) is 0.171. The second-order valence-electron chi connectivity index (χ2n) is 11.0. The maximum absolute atomic E-state index is 14.8. The highest BCUT2D eigenvalue weighted by molar-refractivity contribution is 6.32. The molecule has 4 aromatic carbocycles. The van der Waals surface area contributed by atoms with Crippen LogP contribution in [0.3, 0.4) is 0 Å². The van der Waals surface area contributed by atoms with Crippen LogP contribution in [0.2, 0.25) is 0 Å². The van der Waals surface area contributed by atoms with Gasteiger partial charge < -0.3 is 14.4 Å². The van der Waals surface area contributed by atoms with Crippen LogP contribution in [0.25, 0.3) is 6.08 Å². The molecular weight excluding hydrogens is 560 g/mol. The normalized spacial score (nSPS) is 20.7. The molecule has 9 heteroatoms. The number of ether oxygens (including phenoxy) is 2. The van der Waals surface area contributed by atoms with Crippen LogP contribution in [0.5, 0.6) is 11.5 Å². The fourth-order valence-corrected chi connectivity index (χ4v) is 7.26. The summed E-state index contributed by atoms with van der Waals surface area (Å²) >= 11 is 0. The summed E-state index contributed by atoms with van der Waals surface area (Å²) in [6.07, 6.45) is 3.73. The summed E-state index contributed by atoms with van der Waals surface area (Å²) in [4.78, 5) is 57.2. The Morgan fingerprint density at radius 2 is 1.52 bits per heavy atom. The summed E-state index contributed by atoms with van der Waals surface area (Å²) in [6, 6.07) is 22.9. The quantitative estimate of drug-likeness (QED) is 0.118. The SMILES string of the molecule is COc1ccc(OC)c([C@H]2[C@H](C(=O)c3ccc([N+](=O)[O-])cc3)N3c4ccccc4C=CC3C23C(=O)c2ccccc2C3=O)c1. The summed E-state index contributed by atoms with van der Waals surface area (Å²) in [5, 5.41) is 11.4. The molecule has 0 bridgehead atoms. The zero-order valence-corrected chi connectivity index (χ0v) is 23.8. The van der Waals surface area contributed by atoms with E-state index >= 15 is 0 Å². The van der Waals surface area contributed by atoms with Gasteiger partial charge in [0.05, 0.1) is 25.2 Å². The number of nitro benzene ring substituents is 1. The van der Waals surface area contributed by atoms with Crippen LogP contribution in [0.4, 0.5) is 11.4 Å². The van der Waals surface area contributed by atoms with Crippen molar-refractivity contribution in [3.8, 4) is 11.5 Å². The molecule has 1 fully saturated rings. The van der Waals surface area contributed by atoms with Crippen molar-refractivity contribution < 1.29 is 28.8 Å². The number of hydrogen-bond acceptors (Lipinski definition) is 8. The molecule has 2 aliphatic heterocycles. The number of Topliss-reactive ketones (excluding diaryl/α,β-unsaturated/α-hetero) is 3. The van der Waals surface area contributed by atoms with Gasteiger partial charge in [-0.15, -0.1) is 0 Å². The minimum absolute atomic E-state index is 0.156. The number of nitrogens with zero attached hydrogens (tertiary/aromatic N) is 2. The Balaban J connectivity index is 1.56. The summed E-state index contributed by atoms with van der Waals surface area (Å²) in [6.45, 7) is 0. The largest absolute Gasteiger partial charge is 0.497 e. The third-order valence-corrected chi connectivity index (χ3v) is 9.12. The number of fused-ring (bicyclic) bond motifs is 5. The molecule has 218 valence electrons. The maximum Gasteiger partial charge on any atom is 0.269 e. The highest BCUT2D eigenvalue weighted by atomic mass is 16.6. The smallest absolute Gasteiger partial charge is 0.269 e. The number of para-hydroxylation sites is 1. The van der Waals surface area contributed by atoms with Gasteiger partial charge in [0, 0.05) is 46.0 Å². The van der Waals surface area contributed by atoms with E-state index in [1.165, 1.54) is 38.5 Å². The van der Waals surface area contributed by atoms with Gasteiger partial charge in [-0.3, -0.25) is 24.5 Å². The van der Waals surface area contributed by atoms with E-state index in [0.29, 0.717) is 33.9 Å². The van der Waals surface area contributed by atoms with Crippen LogP contribution in [0.1, 0.15) is 48.1 Å². The first kappa shape index (κ1) is 27.3. The highest BCUT2D eigenvalue weighted by Gasteiger charge is 2.72. The molecule has 9 nitrogen and oxygen atoms in total. The summed E-state index contributed by atoms with van der Waals surface area (Å²) < 4.78 is 11.4. The number of methoxy groups -OCH3 is 2. The summed E-state index contributed by atoms with van der Waals surface area (Å²) in [7, 11) is 3.01. The van der Waals surface area contributed by atoms with Gasteiger partial charge in [0.2, 0.25) is 0 Å². The zero-order valence-electron chi connectivity index (χ0n) is 23.8. The van der Waals surface area contributed by atoms with Gasteiger partial charge in [-0.05, 0) is 42.0 Å². The van der Waals surface area contributed by atoms with Crippen molar-refractivity contribution in [3.63, 3.8) is 0 Å². The summed E-state index contributed by atoms with van der Waals surface area (Å²) in [5.41, 5.74) is 0.937. The first-order valence-electron chi connectivity index (χ1n) is 14.1. The van der Waals surface area contributed by atoms with E-state index < -0.39 is 34.1 Å². The van der Waals surface area contributed by atoms with Gasteiger partial charge in [0.1, 0.15) is 23.0 Å². The zero-order chi connectivity index (χ0) is 30.7. The van der Waals surface area contributed by atoms with Gasteiger partial charge in [-0.1, -0.05) is 54.6 Å². The van der Waals surface area contributed by atoms with E-state index in [2.05, 4.69) is 0 Å². The molecule has 1 unspecified atom stereocenters. The van der Waals surface area contributed by atoms with Crippen molar-refractivity contribution >= 4 is 34.8 Å². The predicted octanol–water partition coefficient (Wildman–Crippen LogP) is 5.93. The Hall–Kier alpha value is -5.57. The monoisotopic (exact) mass is 586 g/mol. The highest BCUT2D eigenvalue weighted by Crippen LogP contribution is 2.62. The molecule has 0 saturated carbocycles. The van der Waals surface area contributed by atoms with E-state index in [1.807, 2.05) is 41.3 Å². The van der Waals surface area contributed by atoms with Gasteiger partial charge in [0.15, 0.2) is 17.3 Å². The molecule has 3 aliphatic rings. The summed E-state index contributed by atoms with van der Waals surface area (Å²) in [5.74, 6) is -1.29. The molecule has 4 aromatic rings. The molecule has 0 N–H and O–H groups in total. The Morgan fingerprint density at radius 3 is 2.16 bits per heavy atom. The number of ketones is 3. The molecule has 2 heterocycles. The third kappa shape index (κ3) is 3.62. The van der Waals surface area contributed by atoms with Crippen molar-refractivity contribution in [2.45, 2.75) is 18.0 Å². The Morgan fingerprint density at radius 1 is 0.864 bits per heavy atom. The molecule has 7 rings (SSSR count). The molecule has 1 spiro atoms. The average molecular weight is 587 g/mol. The van der Waals surface area contributed by atoms with Gasteiger partial charge >= 0.3 is 0 Å². The van der Waals surface area contributed by atoms with E-state index in [-0.39, 0.29) is 22.8 Å². The second kappa shape index (κ2) is 10.0. The lowest BCUT2D eigenvalue weighted by Gasteiger charge is -2.37. The van der Waals surface area contributed by atoms with Crippen LogP contribution in [-0.2, 0) is 0 Å². The lowest BCUT2D eigenvalue weighted by molar-refractivity contribution is -0.384. The van der Waals surface area contributed by atoms with E-state index in [9.17, 15) is 24.5 Å². The molecule has 0 aromatic heterocycles. The van der Waals surface area contributed by atoms with E-state index in [0.717, 1.165) is 5.56 Å². The van der Waals surface area contributed by atoms with Crippen LogP contribution < -0.4 is 14.4 Å². The van der Waals surface area contributed by atoms with Crippen LogP contribution in [-0.4, -0.2) is 48.6 Å². The van der Waals surface area contributed by atoms with Crippen LogP contribution in [0.15, 0.2) is 97.1 Å². The lowest BCUT2D eigenvalue weighted by atomic mass is 9.64. The van der Waals surface area contributed by atoms with Crippen molar-refractivity contribution in [1.29, 1.82) is 0 Å². The Bertz CT molecular complexity index is 1880. The van der Waals surface area contributed by atoms with E-state index in [1.54, 1.807) is 42.5 Å². The topological polar surface area (TPSA) is 116 Å². The van der Waals surface area contributed by atoms with Gasteiger partial charge in [-0.2, -0.15) is 0 Å². The van der Waals surface area contributed by atoms with Crippen molar-refractivity contribution in [1.82, 2.24) is 0 Å². The van der Waals surface area contributed by atoms with Crippen LogP contribution >= 0.6 is 0 Å². The number of carbonyl (C=O) groups is 3. The van der Waals surface area contributed by atoms with Crippen LogP contribution in [0, 0.1) is 15.5 Å². The standard InChI is InChI=1S/C35H26N2O7/c1-43-23-16-17-28(44-2)26(19-23)30-31(32(38)21-11-14-22(15-12-21)37(41)42)36-27-10-6-3-7-20(27)13-18-29(36)35(30)33(39)24-8-4-5-9-25(24)34(35)40/h3-19,29-31H,1-2H3/t29?,30-,31+/m0/s1. The molecule has 1 saturated heterocycles. The molecular formula is C35H26N2O7. The number of rotatable bonds is 6. The Labute approximate surface area is 252 Å². The molecule has 1 aliphatic carbocycles. The molecule has 44 heavy (non-hydrogen) atoms. The molecule has 0 radical (unpaired) electrons. The number of carbonyl (C=O) groups excluding carboxylic acids is 3. The number of non-ortho nitro benzene ring substituents is 1. The van der Waals surface area contributed by atoms with E-state index in [4.69, 9.17) is 9.47 Å². The van der Waals surface area contributed by atoms with Gasteiger partial charge in [-0.25, -0.2) is 0 Å². The number of anilines is 1. The minimum atomic E-state index is -1.73. The molecule has 3 atom stereocenters. The van der Waals surface area contributed by atoms with Crippen molar-refractivity contribution in [2.75, 3.05) is 19.1 Å². The maximum atomic E-state index is 14.8. The fourth-order valence-electron chi connectivity index (χ4n) is 7.26. The van der Waals surface area contributed by atoms with Gasteiger partial charge in [0.25, 0.3) is 5.69 Å². The number of hydrogen-bond donors (Lipinski definition) is 0. The minimum Gasteiger partial charge on any atom is -0.497 e. The third-order valence-electron chi connectivity index (χ3n) is 9.12. The first-order valence-corrected chi connectivity index (χ1v) is 14.1. The van der Waals surface area contributed by atoms with Crippen molar-refractivity contribution in [3.05, 3.63) is 135 Å². The number of benzene rings is 4. The first-order chi connectivity index (χ1) is 21.3. The average Bonchev–Trinajstić information content (AvgIpc) is 3.50. The molecule has 0 amide bonds. The second-order valence-corrected chi connectivity index (χ2v) is 11.0.